The number of ether oxygens (including phenoxy) is 1. The van der Waals surface area contributed by atoms with E-state index in [1.165, 1.54) is 24.1 Å². The molecule has 0 unspecified atom stereocenters. The number of likely N-dealkylation sites (N-methyl/N-ethyl adjacent to an activating group) is 1. The van der Waals surface area contributed by atoms with Crippen LogP contribution in [0.15, 0.2) is 42.6 Å². The number of hydrogen-bond acceptors (Lipinski definition) is 4. The van der Waals surface area contributed by atoms with E-state index in [1.807, 2.05) is 28.5 Å². The fourth-order valence-corrected chi connectivity index (χ4v) is 5.04. The van der Waals surface area contributed by atoms with Crippen molar-refractivity contribution < 1.29 is 23.5 Å². The summed E-state index contributed by atoms with van der Waals surface area (Å²) >= 11 is 0. The molecule has 4 rings (SSSR count). The number of fused-ring (bicyclic) bond motifs is 1. The Balaban J connectivity index is 1.60. The molecule has 1 aliphatic rings. The highest BCUT2D eigenvalue weighted by Crippen LogP contribution is 2.32. The number of rotatable bonds is 8. The zero-order valence-corrected chi connectivity index (χ0v) is 21.9. The summed E-state index contributed by atoms with van der Waals surface area (Å²) in [5, 5.41) is 0.573. The van der Waals surface area contributed by atoms with Crippen molar-refractivity contribution in [2.45, 2.75) is 39.2 Å². The number of likely N-dealkylation sites (tertiary alicyclic amines) is 1. The summed E-state index contributed by atoms with van der Waals surface area (Å²) < 4.78 is 20.8. The smallest absolute Gasteiger partial charge is 0.294 e. The Kier molecular flexibility index (Phi) is 7.95. The molecule has 1 fully saturated rings. The Morgan fingerprint density at radius 1 is 1.05 bits per heavy atom. The van der Waals surface area contributed by atoms with Gasteiger partial charge in [-0.3, -0.25) is 14.4 Å². The molecule has 1 aromatic heterocycles. The lowest BCUT2D eigenvalue weighted by Gasteiger charge is -2.32. The lowest BCUT2D eigenvalue weighted by Crippen LogP contribution is -2.39. The molecule has 0 atom stereocenters. The maximum Gasteiger partial charge on any atom is 0.294 e. The van der Waals surface area contributed by atoms with Gasteiger partial charge >= 0.3 is 0 Å². The minimum absolute atomic E-state index is 0.153. The number of methoxy groups -OCH3 is 1. The largest absolute Gasteiger partial charge is 0.496 e. The monoisotopic (exact) mass is 507 g/mol. The van der Waals surface area contributed by atoms with E-state index in [4.69, 9.17) is 4.74 Å². The van der Waals surface area contributed by atoms with E-state index in [0.717, 1.165) is 36.8 Å². The molecule has 0 aliphatic carbocycles. The van der Waals surface area contributed by atoms with Crippen LogP contribution in [0.3, 0.4) is 0 Å². The van der Waals surface area contributed by atoms with Crippen molar-refractivity contribution in [3.63, 3.8) is 0 Å². The molecule has 8 heteroatoms. The zero-order chi connectivity index (χ0) is 26.7. The highest BCUT2D eigenvalue weighted by atomic mass is 19.1. The molecule has 196 valence electrons. The van der Waals surface area contributed by atoms with Crippen LogP contribution in [0, 0.1) is 11.7 Å². The fraction of sp³-hybridized carbons (Fsp3) is 0.414. The van der Waals surface area contributed by atoms with Gasteiger partial charge in [0.05, 0.1) is 23.8 Å². The van der Waals surface area contributed by atoms with Gasteiger partial charge in [-0.05, 0) is 55.4 Å². The van der Waals surface area contributed by atoms with Crippen molar-refractivity contribution in [3.8, 4) is 5.75 Å². The molecule has 3 aromatic rings. The summed E-state index contributed by atoms with van der Waals surface area (Å²) in [5.74, 6) is -0.740. The number of ketones is 1. The quantitative estimate of drug-likeness (QED) is 0.331. The SMILES string of the molecule is CCCn1cc(C(=O)C(=O)N(C)C)c2cc(C(=O)N3CCC(Cc4ccc(F)cc4)CC3)c(OC)cc21. The minimum atomic E-state index is -0.609. The van der Waals surface area contributed by atoms with E-state index in [0.29, 0.717) is 42.3 Å². The lowest BCUT2D eigenvalue weighted by atomic mass is 9.90. The summed E-state index contributed by atoms with van der Waals surface area (Å²) in [6, 6.07) is 10.1. The number of Topliss-reactive ketones (excluding diaryl/α,β-unsaturated/α-hetero) is 1. The van der Waals surface area contributed by atoms with Gasteiger partial charge in [0.25, 0.3) is 17.6 Å². The number of hydrogen-bond donors (Lipinski definition) is 0. The first-order valence-corrected chi connectivity index (χ1v) is 12.7. The van der Waals surface area contributed by atoms with Crippen LogP contribution in [0.4, 0.5) is 4.39 Å². The van der Waals surface area contributed by atoms with E-state index in [9.17, 15) is 18.8 Å². The summed E-state index contributed by atoms with van der Waals surface area (Å²) in [6.45, 7) is 3.91. The van der Waals surface area contributed by atoms with Crippen molar-refractivity contribution >= 4 is 28.5 Å². The Bertz CT molecular complexity index is 1300. The molecular formula is C29H34FN3O4. The molecule has 0 saturated carbocycles. The normalized spacial score (nSPS) is 14.1. The van der Waals surface area contributed by atoms with Crippen LogP contribution in [0.5, 0.6) is 5.75 Å². The third kappa shape index (κ3) is 5.53. The standard InChI is InChI=1S/C29H34FN3O4/c1-5-12-33-18-24(27(34)29(36)31(2)3)22-16-23(26(37-4)17-25(22)33)28(35)32-13-10-20(11-14-32)15-19-6-8-21(30)9-7-19/h6-9,16-18,20H,5,10-15H2,1-4H3. The molecular weight excluding hydrogens is 473 g/mol. The number of carbonyl (C=O) groups excluding carboxylic acids is 3. The van der Waals surface area contributed by atoms with Gasteiger partial charge in [-0.2, -0.15) is 0 Å². The predicted molar refractivity (Wildman–Crippen MR) is 141 cm³/mol. The first kappa shape index (κ1) is 26.4. The number of benzene rings is 2. The van der Waals surface area contributed by atoms with E-state index in [1.54, 1.807) is 32.4 Å². The minimum Gasteiger partial charge on any atom is -0.496 e. The number of amides is 2. The number of carbonyl (C=O) groups is 3. The number of nitrogens with zero attached hydrogens (tertiary/aromatic N) is 3. The van der Waals surface area contributed by atoms with Crippen LogP contribution in [-0.2, 0) is 17.8 Å². The number of piperidine rings is 1. The summed E-state index contributed by atoms with van der Waals surface area (Å²) in [4.78, 5) is 42.2. The highest BCUT2D eigenvalue weighted by molar-refractivity contribution is 6.44. The number of aryl methyl sites for hydroxylation is 1. The average molecular weight is 508 g/mol. The van der Waals surface area contributed by atoms with Crippen LogP contribution in [0.1, 0.15) is 52.5 Å². The fourth-order valence-electron chi connectivity index (χ4n) is 5.04. The third-order valence-electron chi connectivity index (χ3n) is 7.08. The molecule has 2 heterocycles. The van der Waals surface area contributed by atoms with Crippen molar-refractivity contribution in [1.29, 1.82) is 0 Å². The average Bonchev–Trinajstić information content (AvgIpc) is 3.25. The van der Waals surface area contributed by atoms with Crippen molar-refractivity contribution in [2.75, 3.05) is 34.3 Å². The van der Waals surface area contributed by atoms with Gasteiger partial charge in [-0.25, -0.2) is 4.39 Å². The Hall–Kier alpha value is -3.68. The highest BCUT2D eigenvalue weighted by Gasteiger charge is 2.29. The first-order chi connectivity index (χ1) is 17.7. The Morgan fingerprint density at radius 2 is 1.73 bits per heavy atom. The molecule has 1 saturated heterocycles. The van der Waals surface area contributed by atoms with Gasteiger partial charge in [0.1, 0.15) is 11.6 Å². The van der Waals surface area contributed by atoms with Gasteiger partial charge < -0.3 is 19.1 Å². The van der Waals surface area contributed by atoms with E-state index < -0.39 is 11.7 Å². The van der Waals surface area contributed by atoms with Gasteiger partial charge in [-0.15, -0.1) is 0 Å². The maximum absolute atomic E-state index is 13.6. The van der Waals surface area contributed by atoms with Crippen LogP contribution in [-0.4, -0.2) is 66.3 Å². The van der Waals surface area contributed by atoms with Gasteiger partial charge in [-0.1, -0.05) is 19.1 Å². The first-order valence-electron chi connectivity index (χ1n) is 12.7. The summed E-state index contributed by atoms with van der Waals surface area (Å²) in [7, 11) is 4.62. The van der Waals surface area contributed by atoms with Crippen molar-refractivity contribution in [2.24, 2.45) is 5.92 Å². The van der Waals surface area contributed by atoms with Crippen LogP contribution >= 0.6 is 0 Å². The second-order valence-corrected chi connectivity index (χ2v) is 9.90. The molecule has 0 radical (unpaired) electrons. The Labute approximate surface area is 216 Å². The molecule has 1 aliphatic heterocycles. The number of halogens is 1. The molecule has 2 aromatic carbocycles. The summed E-state index contributed by atoms with van der Waals surface area (Å²) in [5.41, 5.74) is 2.52. The van der Waals surface area contributed by atoms with Crippen molar-refractivity contribution in [3.05, 3.63) is 65.1 Å². The Morgan fingerprint density at radius 3 is 2.32 bits per heavy atom. The third-order valence-corrected chi connectivity index (χ3v) is 7.08. The van der Waals surface area contributed by atoms with Crippen LogP contribution in [0.25, 0.3) is 10.9 Å². The maximum atomic E-state index is 13.6. The van der Waals surface area contributed by atoms with Gasteiger partial charge in [0.2, 0.25) is 0 Å². The predicted octanol–water partition coefficient (Wildman–Crippen LogP) is 4.56. The molecule has 37 heavy (non-hydrogen) atoms. The molecule has 2 amide bonds. The molecule has 0 spiro atoms. The van der Waals surface area contributed by atoms with Gasteiger partial charge in [0, 0.05) is 51.4 Å². The molecule has 7 nitrogen and oxygen atoms in total. The van der Waals surface area contributed by atoms with E-state index in [2.05, 4.69) is 0 Å². The van der Waals surface area contributed by atoms with Crippen LogP contribution < -0.4 is 4.74 Å². The van der Waals surface area contributed by atoms with Crippen LogP contribution in [0.2, 0.25) is 0 Å². The second-order valence-electron chi connectivity index (χ2n) is 9.90. The summed E-state index contributed by atoms with van der Waals surface area (Å²) in [6.07, 6.45) is 5.10. The lowest BCUT2D eigenvalue weighted by molar-refractivity contribution is -0.124. The van der Waals surface area contributed by atoms with Gasteiger partial charge in [0.15, 0.2) is 0 Å². The number of aromatic nitrogens is 1. The van der Waals surface area contributed by atoms with E-state index in [-0.39, 0.29) is 17.3 Å². The molecule has 0 bridgehead atoms. The van der Waals surface area contributed by atoms with Crippen molar-refractivity contribution in [1.82, 2.24) is 14.4 Å². The second kappa shape index (κ2) is 11.2. The molecule has 0 N–H and O–H groups in total. The van der Waals surface area contributed by atoms with E-state index >= 15 is 0 Å². The zero-order valence-electron chi connectivity index (χ0n) is 21.9. The topological polar surface area (TPSA) is 71.9 Å².